The average Bonchev–Trinajstić information content (AvgIpc) is 2.80. The van der Waals surface area contributed by atoms with E-state index in [9.17, 15) is 23.3 Å². The Labute approximate surface area is 180 Å². The summed E-state index contributed by atoms with van der Waals surface area (Å²) in [6.45, 7) is 2.83. The predicted molar refractivity (Wildman–Crippen MR) is 112 cm³/mol. The number of rotatable bonds is 3. The fourth-order valence-corrected chi connectivity index (χ4v) is 4.11. The maximum Gasteiger partial charge on any atom is 0.291 e. The SMILES string of the molecule is O=[N+]([O-])C1=Cc2c(ccc3cc(N4CCOCC4)ccc23)OC1c1cc(F)c(F)cc1F. The highest BCUT2D eigenvalue weighted by Gasteiger charge is 2.36. The number of fused-ring (bicyclic) bond motifs is 3. The molecule has 32 heavy (non-hydrogen) atoms. The van der Waals surface area contributed by atoms with Crippen molar-refractivity contribution in [3.05, 3.63) is 86.9 Å². The highest BCUT2D eigenvalue weighted by atomic mass is 19.2. The lowest BCUT2D eigenvalue weighted by Crippen LogP contribution is -2.36. The van der Waals surface area contributed by atoms with Crippen LogP contribution in [0.25, 0.3) is 16.8 Å². The number of halogens is 3. The Morgan fingerprint density at radius 3 is 2.47 bits per heavy atom. The zero-order valence-corrected chi connectivity index (χ0v) is 16.7. The Morgan fingerprint density at radius 1 is 0.969 bits per heavy atom. The second kappa shape index (κ2) is 7.83. The van der Waals surface area contributed by atoms with E-state index in [-0.39, 0.29) is 5.75 Å². The third-order valence-electron chi connectivity index (χ3n) is 5.72. The molecule has 3 aromatic rings. The molecule has 1 atom stereocenters. The zero-order chi connectivity index (χ0) is 22.4. The molecule has 1 unspecified atom stereocenters. The van der Waals surface area contributed by atoms with Crippen molar-refractivity contribution in [1.29, 1.82) is 0 Å². The fourth-order valence-electron chi connectivity index (χ4n) is 4.11. The Kier molecular flexibility index (Phi) is 4.97. The van der Waals surface area contributed by atoms with Gasteiger partial charge < -0.3 is 14.4 Å². The molecule has 9 heteroatoms. The van der Waals surface area contributed by atoms with Crippen LogP contribution in [0, 0.1) is 27.6 Å². The minimum Gasteiger partial charge on any atom is -0.474 e. The van der Waals surface area contributed by atoms with E-state index in [1.165, 1.54) is 6.08 Å². The van der Waals surface area contributed by atoms with Gasteiger partial charge in [-0.2, -0.15) is 0 Å². The summed E-state index contributed by atoms with van der Waals surface area (Å²) in [6.07, 6.45) is -0.210. The molecular formula is C23H17F3N2O4. The minimum absolute atomic E-state index is 0.288. The second-order valence-corrected chi connectivity index (χ2v) is 7.59. The molecule has 0 spiro atoms. The summed E-state index contributed by atoms with van der Waals surface area (Å²) in [7, 11) is 0. The van der Waals surface area contributed by atoms with Crippen molar-refractivity contribution in [2.75, 3.05) is 31.2 Å². The topological polar surface area (TPSA) is 64.8 Å². The van der Waals surface area contributed by atoms with E-state index in [2.05, 4.69) is 4.90 Å². The first kappa shape index (κ1) is 20.3. The standard InChI is InChI=1S/C23H17F3N2O4/c24-18-12-20(26)19(25)10-17(18)23-21(28(29)30)11-16-15-3-2-14(27-5-7-31-8-6-27)9-13(15)1-4-22(16)32-23/h1-4,9-12,23H,5-8H2. The van der Waals surface area contributed by atoms with E-state index in [0.717, 1.165) is 29.5 Å². The van der Waals surface area contributed by atoms with E-state index < -0.39 is 39.7 Å². The predicted octanol–water partition coefficient (Wildman–Crippen LogP) is 4.85. The fraction of sp³-hybridized carbons (Fsp3) is 0.217. The summed E-state index contributed by atoms with van der Waals surface area (Å²) in [5.41, 5.74) is 0.576. The second-order valence-electron chi connectivity index (χ2n) is 7.59. The first-order valence-corrected chi connectivity index (χ1v) is 9.99. The first-order valence-electron chi connectivity index (χ1n) is 9.99. The molecule has 0 radical (unpaired) electrons. The smallest absolute Gasteiger partial charge is 0.291 e. The third-order valence-corrected chi connectivity index (χ3v) is 5.72. The molecule has 0 saturated carbocycles. The molecule has 5 rings (SSSR count). The van der Waals surface area contributed by atoms with Crippen molar-refractivity contribution in [2.45, 2.75) is 6.10 Å². The minimum atomic E-state index is -1.52. The van der Waals surface area contributed by atoms with E-state index in [1.807, 2.05) is 24.3 Å². The van der Waals surface area contributed by atoms with Gasteiger partial charge in [-0.15, -0.1) is 0 Å². The van der Waals surface area contributed by atoms with Crippen molar-refractivity contribution in [3.8, 4) is 5.75 Å². The van der Waals surface area contributed by atoms with Crippen LogP contribution < -0.4 is 9.64 Å². The van der Waals surface area contributed by atoms with Crippen LogP contribution in [0.5, 0.6) is 5.75 Å². The van der Waals surface area contributed by atoms with Crippen molar-refractivity contribution in [1.82, 2.24) is 0 Å². The summed E-state index contributed by atoms with van der Waals surface area (Å²) in [5.74, 6) is -3.53. The Bertz CT molecular complexity index is 1270. The molecule has 164 valence electrons. The molecule has 0 aliphatic carbocycles. The molecule has 2 aliphatic rings. The molecular weight excluding hydrogens is 425 g/mol. The maximum atomic E-state index is 14.4. The summed E-state index contributed by atoms with van der Waals surface area (Å²) >= 11 is 0. The van der Waals surface area contributed by atoms with Crippen LogP contribution >= 0.6 is 0 Å². The Hall–Kier alpha value is -3.59. The normalized spacial score (nSPS) is 18.2. The molecule has 0 bridgehead atoms. The average molecular weight is 442 g/mol. The van der Waals surface area contributed by atoms with Crippen LogP contribution in [0.2, 0.25) is 0 Å². The van der Waals surface area contributed by atoms with Gasteiger partial charge in [0, 0.05) is 42.0 Å². The van der Waals surface area contributed by atoms with E-state index in [1.54, 1.807) is 6.07 Å². The molecule has 1 saturated heterocycles. The number of hydrogen-bond donors (Lipinski definition) is 0. The van der Waals surface area contributed by atoms with Gasteiger partial charge in [-0.3, -0.25) is 10.1 Å². The number of nitrogens with zero attached hydrogens (tertiary/aromatic N) is 2. The van der Waals surface area contributed by atoms with Gasteiger partial charge in [0.1, 0.15) is 11.6 Å². The number of nitro groups is 1. The lowest BCUT2D eigenvalue weighted by Gasteiger charge is -2.29. The maximum absolute atomic E-state index is 14.4. The van der Waals surface area contributed by atoms with Crippen LogP contribution in [0.1, 0.15) is 17.2 Å². The summed E-state index contributed by atoms with van der Waals surface area (Å²) in [5, 5.41) is 13.3. The monoisotopic (exact) mass is 442 g/mol. The molecule has 3 aromatic carbocycles. The quantitative estimate of drug-likeness (QED) is 0.330. The third kappa shape index (κ3) is 3.44. The van der Waals surface area contributed by atoms with Crippen LogP contribution in [0.4, 0.5) is 18.9 Å². The highest BCUT2D eigenvalue weighted by molar-refractivity contribution is 5.95. The molecule has 1 fully saturated rings. The van der Waals surface area contributed by atoms with Crippen LogP contribution in [0.15, 0.2) is 48.2 Å². The largest absolute Gasteiger partial charge is 0.474 e. The number of morpholine rings is 1. The van der Waals surface area contributed by atoms with Gasteiger partial charge in [-0.25, -0.2) is 13.2 Å². The van der Waals surface area contributed by atoms with E-state index in [0.29, 0.717) is 30.9 Å². The van der Waals surface area contributed by atoms with E-state index in [4.69, 9.17) is 9.47 Å². The molecule has 2 aliphatic heterocycles. The number of anilines is 1. The van der Waals surface area contributed by atoms with Crippen LogP contribution in [-0.2, 0) is 4.74 Å². The van der Waals surface area contributed by atoms with Crippen molar-refractivity contribution < 1.29 is 27.6 Å². The first-order chi connectivity index (χ1) is 15.4. The number of hydrogen-bond acceptors (Lipinski definition) is 5. The summed E-state index contributed by atoms with van der Waals surface area (Å²) in [4.78, 5) is 13.3. The van der Waals surface area contributed by atoms with Gasteiger partial charge in [-0.05, 0) is 35.0 Å². The van der Waals surface area contributed by atoms with Gasteiger partial charge in [0.05, 0.1) is 18.1 Å². The van der Waals surface area contributed by atoms with Gasteiger partial charge >= 0.3 is 0 Å². The van der Waals surface area contributed by atoms with Gasteiger partial charge in [0.25, 0.3) is 5.70 Å². The zero-order valence-electron chi connectivity index (χ0n) is 16.7. The highest BCUT2D eigenvalue weighted by Crippen LogP contribution is 2.42. The number of ether oxygens (including phenoxy) is 2. The van der Waals surface area contributed by atoms with Gasteiger partial charge in [0.15, 0.2) is 11.6 Å². The van der Waals surface area contributed by atoms with Gasteiger partial charge in [-0.1, -0.05) is 12.1 Å². The molecule has 2 heterocycles. The van der Waals surface area contributed by atoms with Crippen molar-refractivity contribution in [3.63, 3.8) is 0 Å². The van der Waals surface area contributed by atoms with Crippen molar-refractivity contribution >= 4 is 22.5 Å². The van der Waals surface area contributed by atoms with Crippen molar-refractivity contribution in [2.24, 2.45) is 0 Å². The molecule has 0 N–H and O–H groups in total. The Balaban J connectivity index is 1.59. The van der Waals surface area contributed by atoms with Crippen LogP contribution in [0.3, 0.4) is 0 Å². The molecule has 0 amide bonds. The summed E-state index contributed by atoms with van der Waals surface area (Å²) in [6, 6.07) is 10.2. The van der Waals surface area contributed by atoms with Crippen LogP contribution in [-0.4, -0.2) is 31.2 Å². The Morgan fingerprint density at radius 2 is 1.72 bits per heavy atom. The summed E-state index contributed by atoms with van der Waals surface area (Å²) < 4.78 is 52.6. The lowest BCUT2D eigenvalue weighted by atomic mass is 9.96. The molecule has 0 aromatic heterocycles. The number of benzene rings is 3. The molecule has 6 nitrogen and oxygen atoms in total. The van der Waals surface area contributed by atoms with E-state index >= 15 is 0 Å². The lowest BCUT2D eigenvalue weighted by molar-refractivity contribution is -0.434. The van der Waals surface area contributed by atoms with Gasteiger partial charge in [0.2, 0.25) is 6.10 Å².